The number of hydrogen-bond donors (Lipinski definition) is 1. The maximum absolute atomic E-state index is 13.0. The second-order valence-corrected chi connectivity index (χ2v) is 10.2. The topological polar surface area (TPSA) is 98.9 Å². The molecule has 0 saturated heterocycles. The number of hydrogen-bond acceptors (Lipinski definition) is 6. The lowest BCUT2D eigenvalue weighted by molar-refractivity contribution is -0.120. The third kappa shape index (κ3) is 4.62. The molecule has 2 unspecified atom stereocenters. The molecule has 1 amide bonds. The van der Waals surface area contributed by atoms with Crippen LogP contribution >= 0.6 is 11.8 Å². The molecule has 0 aliphatic carbocycles. The maximum atomic E-state index is 13.0. The van der Waals surface area contributed by atoms with Gasteiger partial charge in [-0.2, -0.15) is 0 Å². The maximum Gasteiger partial charge on any atom is 0.332 e. The van der Waals surface area contributed by atoms with Crippen LogP contribution in [-0.4, -0.2) is 30.3 Å². The number of carbonyl (C=O) groups excluding carboxylic acids is 1. The van der Waals surface area contributed by atoms with Gasteiger partial charge in [0, 0.05) is 19.5 Å². The van der Waals surface area contributed by atoms with E-state index in [9.17, 15) is 14.4 Å². The summed E-state index contributed by atoms with van der Waals surface area (Å²) in [5.74, 6) is 0.332. The van der Waals surface area contributed by atoms with Gasteiger partial charge in [0.2, 0.25) is 5.91 Å². The van der Waals surface area contributed by atoms with Gasteiger partial charge >= 0.3 is 5.69 Å². The Hall–Kier alpha value is -2.94. The lowest BCUT2D eigenvalue weighted by Gasteiger charge is -2.21. The Labute approximate surface area is 191 Å². The molecule has 2 heterocycles. The predicted molar refractivity (Wildman–Crippen MR) is 127 cm³/mol. The molecule has 1 aromatic carbocycles. The van der Waals surface area contributed by atoms with E-state index in [1.54, 1.807) is 14.0 Å². The molecule has 2 aromatic heterocycles. The molecule has 32 heavy (non-hydrogen) atoms. The molecule has 2 atom stereocenters. The first-order valence-electron chi connectivity index (χ1n) is 10.4. The molecular formula is C23H29N5O3S. The normalized spacial score (nSPS) is 13.7. The van der Waals surface area contributed by atoms with Crippen LogP contribution < -0.4 is 16.6 Å². The molecule has 3 rings (SSSR count). The van der Waals surface area contributed by atoms with Crippen LogP contribution in [0, 0.1) is 0 Å². The van der Waals surface area contributed by atoms with Gasteiger partial charge in [0.1, 0.15) is 16.2 Å². The van der Waals surface area contributed by atoms with E-state index < -0.39 is 21.9 Å². The van der Waals surface area contributed by atoms with Crippen molar-refractivity contribution < 1.29 is 4.79 Å². The molecule has 0 bridgehead atoms. The summed E-state index contributed by atoms with van der Waals surface area (Å²) >= 11 is 1.19. The average Bonchev–Trinajstić information content (AvgIpc) is 2.75. The number of thioether (sulfide) groups is 1. The molecule has 0 aliphatic heterocycles. The number of carbonyl (C=O) groups is 1. The highest BCUT2D eigenvalue weighted by Crippen LogP contribution is 2.30. The summed E-state index contributed by atoms with van der Waals surface area (Å²) in [5.41, 5.74) is -0.0699. The predicted octanol–water partition coefficient (Wildman–Crippen LogP) is 2.68. The average molecular weight is 456 g/mol. The smallest absolute Gasteiger partial charge is 0.332 e. The minimum absolute atomic E-state index is 0.160. The van der Waals surface area contributed by atoms with Crippen molar-refractivity contribution in [3.8, 4) is 0 Å². The van der Waals surface area contributed by atoms with Gasteiger partial charge in [-0.15, -0.1) is 0 Å². The lowest BCUT2D eigenvalue weighted by Crippen LogP contribution is -2.38. The first kappa shape index (κ1) is 23.7. The van der Waals surface area contributed by atoms with Crippen LogP contribution in [0.5, 0.6) is 0 Å². The van der Waals surface area contributed by atoms with Crippen LogP contribution in [0.1, 0.15) is 52.0 Å². The van der Waals surface area contributed by atoms with Crippen LogP contribution in [0.4, 0.5) is 0 Å². The van der Waals surface area contributed by atoms with Crippen molar-refractivity contribution in [1.29, 1.82) is 0 Å². The third-order valence-corrected chi connectivity index (χ3v) is 6.34. The van der Waals surface area contributed by atoms with E-state index >= 15 is 0 Å². The van der Waals surface area contributed by atoms with E-state index in [4.69, 9.17) is 0 Å². The third-order valence-electron chi connectivity index (χ3n) is 5.25. The van der Waals surface area contributed by atoms with Gasteiger partial charge in [0.25, 0.3) is 5.56 Å². The first-order chi connectivity index (χ1) is 14.9. The number of aryl methyl sites for hydroxylation is 1. The van der Waals surface area contributed by atoms with Gasteiger partial charge in [-0.3, -0.25) is 18.7 Å². The van der Waals surface area contributed by atoms with Crippen molar-refractivity contribution in [3.05, 3.63) is 62.6 Å². The number of rotatable bonds is 5. The van der Waals surface area contributed by atoms with E-state index in [2.05, 4.69) is 15.3 Å². The minimum atomic E-state index is -0.519. The molecule has 170 valence electrons. The first-order valence-corrected chi connectivity index (χ1v) is 11.3. The van der Waals surface area contributed by atoms with E-state index in [0.29, 0.717) is 10.9 Å². The van der Waals surface area contributed by atoms with Crippen molar-refractivity contribution >= 4 is 28.7 Å². The zero-order valence-electron chi connectivity index (χ0n) is 19.5. The summed E-state index contributed by atoms with van der Waals surface area (Å²) in [4.78, 5) is 47.5. The van der Waals surface area contributed by atoms with Crippen molar-refractivity contribution in [1.82, 2.24) is 24.4 Å². The second-order valence-electron chi connectivity index (χ2n) is 8.91. The molecule has 3 aromatic rings. The van der Waals surface area contributed by atoms with Crippen LogP contribution in [0.2, 0.25) is 0 Å². The van der Waals surface area contributed by atoms with Crippen molar-refractivity contribution in [2.75, 3.05) is 0 Å². The summed E-state index contributed by atoms with van der Waals surface area (Å²) in [7, 11) is 3.00. The molecule has 0 fully saturated rings. The summed E-state index contributed by atoms with van der Waals surface area (Å²) in [6.45, 7) is 9.57. The van der Waals surface area contributed by atoms with E-state index in [-0.39, 0.29) is 23.0 Å². The SMILES string of the molecule is CC(Sc1nc(C(C)(C)C)nc2c1c(=O)n(C)c(=O)n2C)C(=O)NC(C)c1ccccc1. The summed E-state index contributed by atoms with van der Waals surface area (Å²) in [5, 5.41) is 3.13. The Balaban J connectivity index is 2.02. The van der Waals surface area contributed by atoms with Crippen molar-refractivity contribution in [3.63, 3.8) is 0 Å². The molecule has 1 N–H and O–H groups in total. The fourth-order valence-electron chi connectivity index (χ4n) is 3.23. The van der Waals surface area contributed by atoms with Gasteiger partial charge in [0.05, 0.1) is 11.3 Å². The van der Waals surface area contributed by atoms with E-state index in [1.165, 1.54) is 23.4 Å². The van der Waals surface area contributed by atoms with Crippen molar-refractivity contribution in [2.24, 2.45) is 14.1 Å². The zero-order valence-corrected chi connectivity index (χ0v) is 20.3. The van der Waals surface area contributed by atoms with Crippen LogP contribution in [0.15, 0.2) is 44.9 Å². The standard InChI is InChI=1S/C23H29N5O3S/c1-13(15-11-9-8-10-12-15)24-18(29)14(2)32-19-16-17(25-21(26-19)23(3,4)5)27(6)22(31)28(7)20(16)30/h8-14H,1-7H3,(H,24,29). The largest absolute Gasteiger partial charge is 0.349 e. The molecule has 9 heteroatoms. The minimum Gasteiger partial charge on any atom is -0.349 e. The van der Waals surface area contributed by atoms with Gasteiger partial charge in [-0.05, 0) is 19.4 Å². The molecule has 0 aliphatic rings. The molecule has 8 nitrogen and oxygen atoms in total. The Morgan fingerprint density at radius 1 is 1.03 bits per heavy atom. The molecule has 0 radical (unpaired) electrons. The quantitative estimate of drug-likeness (QED) is 0.469. The van der Waals surface area contributed by atoms with Crippen LogP contribution in [0.3, 0.4) is 0 Å². The van der Waals surface area contributed by atoms with Gasteiger partial charge in [-0.1, -0.05) is 62.9 Å². The van der Waals surface area contributed by atoms with Gasteiger partial charge in [-0.25, -0.2) is 14.8 Å². The van der Waals surface area contributed by atoms with E-state index in [1.807, 2.05) is 58.0 Å². The second kappa shape index (κ2) is 8.90. The monoisotopic (exact) mass is 455 g/mol. The molecule has 0 spiro atoms. The number of nitrogens with one attached hydrogen (secondary N) is 1. The fourth-order valence-corrected chi connectivity index (χ4v) is 4.17. The number of fused-ring (bicyclic) bond motifs is 1. The summed E-state index contributed by atoms with van der Waals surface area (Å²) in [6.07, 6.45) is 0. The Morgan fingerprint density at radius 3 is 2.25 bits per heavy atom. The lowest BCUT2D eigenvalue weighted by atomic mass is 9.96. The van der Waals surface area contributed by atoms with Gasteiger partial charge < -0.3 is 5.32 Å². The van der Waals surface area contributed by atoms with Crippen molar-refractivity contribution in [2.45, 2.75) is 56.4 Å². The Bertz CT molecular complexity index is 1280. The molecular weight excluding hydrogens is 426 g/mol. The Morgan fingerprint density at radius 2 is 1.66 bits per heavy atom. The van der Waals surface area contributed by atoms with Gasteiger partial charge in [0.15, 0.2) is 5.65 Å². The molecule has 0 saturated carbocycles. The number of aromatic nitrogens is 4. The summed E-state index contributed by atoms with van der Waals surface area (Å²) in [6, 6.07) is 9.54. The number of benzene rings is 1. The fraction of sp³-hybridized carbons (Fsp3) is 0.435. The highest BCUT2D eigenvalue weighted by Gasteiger charge is 2.26. The summed E-state index contributed by atoms with van der Waals surface area (Å²) < 4.78 is 2.38. The highest BCUT2D eigenvalue weighted by molar-refractivity contribution is 8.00. The Kier molecular flexibility index (Phi) is 6.59. The van der Waals surface area contributed by atoms with E-state index in [0.717, 1.165) is 10.1 Å². The zero-order chi connectivity index (χ0) is 23.8. The van der Waals surface area contributed by atoms with Crippen LogP contribution in [0.25, 0.3) is 11.0 Å². The highest BCUT2D eigenvalue weighted by atomic mass is 32.2. The number of amides is 1. The van der Waals surface area contributed by atoms with Crippen LogP contribution in [-0.2, 0) is 24.3 Å². The number of nitrogens with zero attached hydrogens (tertiary/aromatic N) is 4.